The highest BCUT2D eigenvalue weighted by atomic mass is 16.3. The smallest absolute Gasteiger partial charge is 0.290 e. The normalized spacial score (nSPS) is 13.4. The topological polar surface area (TPSA) is 73.7 Å². The Labute approximate surface area is 160 Å². The van der Waals surface area contributed by atoms with Crippen LogP contribution in [-0.4, -0.2) is 58.4 Å². The summed E-state index contributed by atoms with van der Waals surface area (Å²) in [6.07, 6.45) is 6.48. The molecule has 1 N–H and O–H groups in total. The van der Waals surface area contributed by atoms with Crippen LogP contribution >= 0.6 is 0 Å². The van der Waals surface area contributed by atoms with Crippen LogP contribution in [0, 0.1) is 0 Å². The molecule has 1 aromatic heterocycles. The van der Waals surface area contributed by atoms with Crippen LogP contribution in [0.2, 0.25) is 0 Å². The highest BCUT2D eigenvalue weighted by Crippen LogP contribution is 2.11. The van der Waals surface area contributed by atoms with Crippen molar-refractivity contribution in [2.45, 2.75) is 25.8 Å². The van der Waals surface area contributed by atoms with Crippen molar-refractivity contribution in [2.75, 3.05) is 26.2 Å². The zero-order chi connectivity index (χ0) is 19.3. The van der Waals surface area contributed by atoms with Gasteiger partial charge in [0, 0.05) is 51.5 Å². The molecule has 6 nitrogen and oxygen atoms in total. The van der Waals surface area contributed by atoms with Gasteiger partial charge in [0.2, 0.25) is 5.91 Å². The largest absolute Gasteiger partial charge is 0.483 e. The van der Waals surface area contributed by atoms with Gasteiger partial charge in [-0.3, -0.25) is 19.5 Å². The van der Waals surface area contributed by atoms with Crippen molar-refractivity contribution in [3.63, 3.8) is 0 Å². The van der Waals surface area contributed by atoms with E-state index in [1.54, 1.807) is 6.20 Å². The number of rotatable bonds is 8. The van der Waals surface area contributed by atoms with Gasteiger partial charge in [0.1, 0.15) is 0 Å². The fourth-order valence-electron chi connectivity index (χ4n) is 3.15. The third-order valence-electron chi connectivity index (χ3n) is 4.55. The van der Waals surface area contributed by atoms with Crippen LogP contribution in [0.5, 0.6) is 0 Å². The van der Waals surface area contributed by atoms with Gasteiger partial charge in [-0.05, 0) is 30.0 Å². The molecular formula is C21H27N3O3. The fraction of sp³-hybridized carbons (Fsp3) is 0.381. The molecule has 0 unspecified atom stereocenters. The van der Waals surface area contributed by atoms with Crippen molar-refractivity contribution < 1.29 is 14.7 Å². The molecule has 1 saturated heterocycles. The van der Waals surface area contributed by atoms with Crippen molar-refractivity contribution in [1.82, 2.24) is 14.8 Å². The summed E-state index contributed by atoms with van der Waals surface area (Å²) < 4.78 is 0. The Balaban J connectivity index is 0.000000817. The fourth-order valence-corrected chi connectivity index (χ4v) is 3.15. The molecule has 0 spiro atoms. The molecule has 0 radical (unpaired) electrons. The Hall–Kier alpha value is -2.73. The van der Waals surface area contributed by atoms with Gasteiger partial charge < -0.3 is 10.0 Å². The summed E-state index contributed by atoms with van der Waals surface area (Å²) in [5.41, 5.74) is 2.57. The highest BCUT2D eigenvalue weighted by Gasteiger charge is 2.20. The Bertz CT molecular complexity index is 680. The van der Waals surface area contributed by atoms with Crippen LogP contribution in [0.3, 0.4) is 0 Å². The number of likely N-dealkylation sites (tertiary alicyclic amines) is 1. The molecule has 1 aliphatic rings. The van der Waals surface area contributed by atoms with E-state index in [0.717, 1.165) is 45.6 Å². The minimum Gasteiger partial charge on any atom is -0.483 e. The van der Waals surface area contributed by atoms with Gasteiger partial charge >= 0.3 is 0 Å². The molecule has 0 saturated carbocycles. The average molecular weight is 369 g/mol. The van der Waals surface area contributed by atoms with Crippen molar-refractivity contribution in [3.8, 4) is 0 Å². The third kappa shape index (κ3) is 7.58. The van der Waals surface area contributed by atoms with Crippen molar-refractivity contribution >= 4 is 12.4 Å². The Morgan fingerprint density at radius 3 is 2.48 bits per heavy atom. The summed E-state index contributed by atoms with van der Waals surface area (Å²) in [5.74, 6) is 0.305. The van der Waals surface area contributed by atoms with Gasteiger partial charge in [-0.25, -0.2) is 0 Å². The number of hydrogen-bond donors (Lipinski definition) is 1. The molecule has 2 heterocycles. The van der Waals surface area contributed by atoms with Gasteiger partial charge in [0.05, 0.1) is 0 Å². The zero-order valence-electron chi connectivity index (χ0n) is 15.5. The number of amides is 1. The average Bonchev–Trinajstić information content (AvgIpc) is 3.11. The highest BCUT2D eigenvalue weighted by molar-refractivity contribution is 5.78. The monoisotopic (exact) mass is 369 g/mol. The summed E-state index contributed by atoms with van der Waals surface area (Å²) >= 11 is 0. The molecule has 6 heteroatoms. The molecular weight excluding hydrogens is 342 g/mol. The predicted molar refractivity (Wildman–Crippen MR) is 104 cm³/mol. The molecule has 0 atom stereocenters. The summed E-state index contributed by atoms with van der Waals surface area (Å²) in [5, 5.41) is 6.89. The zero-order valence-corrected chi connectivity index (χ0v) is 15.5. The molecule has 0 aliphatic carbocycles. The molecule has 3 rings (SSSR count). The van der Waals surface area contributed by atoms with Gasteiger partial charge in [0.25, 0.3) is 6.47 Å². The lowest BCUT2D eigenvalue weighted by molar-refractivity contribution is -0.128. The van der Waals surface area contributed by atoms with E-state index >= 15 is 0 Å². The van der Waals surface area contributed by atoms with Crippen molar-refractivity contribution in [2.24, 2.45) is 0 Å². The number of carbonyl (C=O) groups excluding carboxylic acids is 1. The van der Waals surface area contributed by atoms with Crippen molar-refractivity contribution in [1.29, 1.82) is 0 Å². The lowest BCUT2D eigenvalue weighted by Crippen LogP contribution is -2.36. The molecule has 1 aromatic carbocycles. The number of carboxylic acid groups (broad SMARTS) is 1. The standard InChI is InChI=1S/C20H25N3O.CH2O2/c24-20-9-5-12-23(20)15-14-22(17-19-8-4-11-21-16-19)13-10-18-6-2-1-3-7-18;2-1-3/h1-4,6-8,11,16H,5,9-10,12-15,17H2;1H,(H,2,3). The maximum atomic E-state index is 11.8. The molecule has 1 fully saturated rings. The molecule has 1 aliphatic heterocycles. The minimum atomic E-state index is -0.250. The van der Waals surface area contributed by atoms with E-state index in [9.17, 15) is 4.79 Å². The van der Waals surface area contributed by atoms with E-state index in [2.05, 4.69) is 46.3 Å². The Morgan fingerprint density at radius 1 is 1.11 bits per heavy atom. The van der Waals surface area contributed by atoms with Crippen LogP contribution in [0.1, 0.15) is 24.0 Å². The van der Waals surface area contributed by atoms with Crippen LogP contribution < -0.4 is 0 Å². The second kappa shape index (κ2) is 11.8. The number of hydrogen-bond acceptors (Lipinski definition) is 4. The SMILES string of the molecule is O=C1CCCN1CCN(CCc1ccccc1)Cc1cccnc1.O=CO. The van der Waals surface area contributed by atoms with Gasteiger partial charge in [-0.15, -0.1) is 0 Å². The first kappa shape index (κ1) is 20.6. The van der Waals surface area contributed by atoms with Gasteiger partial charge in [0.15, 0.2) is 0 Å². The van der Waals surface area contributed by atoms with Crippen LogP contribution in [0.25, 0.3) is 0 Å². The number of benzene rings is 1. The lowest BCUT2D eigenvalue weighted by atomic mass is 10.1. The third-order valence-corrected chi connectivity index (χ3v) is 4.55. The van der Waals surface area contributed by atoms with Gasteiger partial charge in [-0.1, -0.05) is 36.4 Å². The number of pyridine rings is 1. The molecule has 144 valence electrons. The molecule has 1 amide bonds. The molecule has 2 aromatic rings. The first-order valence-electron chi connectivity index (χ1n) is 9.23. The van der Waals surface area contributed by atoms with Gasteiger partial charge in [-0.2, -0.15) is 0 Å². The lowest BCUT2D eigenvalue weighted by Gasteiger charge is -2.25. The summed E-state index contributed by atoms with van der Waals surface area (Å²) in [6, 6.07) is 14.7. The summed E-state index contributed by atoms with van der Waals surface area (Å²) in [6.45, 7) is 4.27. The second-order valence-electron chi connectivity index (χ2n) is 6.46. The number of aromatic nitrogens is 1. The minimum absolute atomic E-state index is 0.250. The first-order valence-corrected chi connectivity index (χ1v) is 9.23. The van der Waals surface area contributed by atoms with Crippen LogP contribution in [0.15, 0.2) is 54.9 Å². The van der Waals surface area contributed by atoms with Crippen LogP contribution in [0.4, 0.5) is 0 Å². The number of nitrogens with zero attached hydrogens (tertiary/aromatic N) is 3. The Kier molecular flexibility index (Phi) is 9.00. The first-order chi connectivity index (χ1) is 13.2. The molecule has 27 heavy (non-hydrogen) atoms. The number of carbonyl (C=O) groups is 2. The van der Waals surface area contributed by atoms with E-state index in [4.69, 9.17) is 9.90 Å². The maximum absolute atomic E-state index is 11.8. The van der Waals surface area contributed by atoms with Crippen LogP contribution in [-0.2, 0) is 22.6 Å². The van der Waals surface area contributed by atoms with E-state index in [-0.39, 0.29) is 6.47 Å². The van der Waals surface area contributed by atoms with Crippen molar-refractivity contribution in [3.05, 3.63) is 66.0 Å². The predicted octanol–water partition coefficient (Wildman–Crippen LogP) is 2.45. The second-order valence-corrected chi connectivity index (χ2v) is 6.46. The Morgan fingerprint density at radius 2 is 1.85 bits per heavy atom. The van der Waals surface area contributed by atoms with E-state index < -0.39 is 0 Å². The van der Waals surface area contributed by atoms with E-state index in [0.29, 0.717) is 12.3 Å². The quantitative estimate of drug-likeness (QED) is 0.724. The maximum Gasteiger partial charge on any atom is 0.290 e. The molecule has 0 bridgehead atoms. The summed E-state index contributed by atoms with van der Waals surface area (Å²) in [7, 11) is 0. The summed E-state index contributed by atoms with van der Waals surface area (Å²) in [4.78, 5) is 28.8. The van der Waals surface area contributed by atoms with E-state index in [1.165, 1.54) is 11.1 Å². The van der Waals surface area contributed by atoms with E-state index in [1.807, 2.05) is 17.2 Å².